The molecule has 1 amide bonds. The normalized spacial score (nSPS) is 11.1. The van der Waals surface area contributed by atoms with Crippen LogP contribution in [-0.2, 0) is 4.79 Å². The van der Waals surface area contributed by atoms with Crippen molar-refractivity contribution in [1.82, 2.24) is 5.32 Å². The van der Waals surface area contributed by atoms with Crippen molar-refractivity contribution in [2.45, 2.75) is 19.4 Å². The van der Waals surface area contributed by atoms with E-state index < -0.39 is 5.60 Å². The van der Waals surface area contributed by atoms with Crippen LogP contribution < -0.4 is 10.1 Å². The first-order valence-electron chi connectivity index (χ1n) is 5.29. The summed E-state index contributed by atoms with van der Waals surface area (Å²) in [4.78, 5) is 11.7. The van der Waals surface area contributed by atoms with Crippen LogP contribution in [0.25, 0.3) is 0 Å². The van der Waals surface area contributed by atoms with Crippen molar-refractivity contribution in [1.29, 1.82) is 0 Å². The number of carbonyl (C=O) groups is 1. The number of ether oxygens (including phenoxy) is 1. The van der Waals surface area contributed by atoms with Crippen LogP contribution in [0.5, 0.6) is 5.75 Å². The molecular weight excluding hydrogens is 242 g/mol. The van der Waals surface area contributed by atoms with E-state index in [0.717, 1.165) is 0 Å². The summed E-state index contributed by atoms with van der Waals surface area (Å²) in [7, 11) is 0. The number of hydrogen-bond acceptors (Lipinski definition) is 3. The fraction of sp³-hybridized carbons (Fsp3) is 0.417. The first-order valence-corrected chi connectivity index (χ1v) is 5.67. The second-order valence-corrected chi connectivity index (χ2v) is 4.48. The zero-order valence-corrected chi connectivity index (χ0v) is 10.6. The Hall–Kier alpha value is -1.26. The molecule has 0 bridgehead atoms. The van der Waals surface area contributed by atoms with E-state index in [1.54, 1.807) is 38.1 Å². The van der Waals surface area contributed by atoms with E-state index in [2.05, 4.69) is 5.32 Å². The van der Waals surface area contributed by atoms with E-state index in [0.29, 0.717) is 10.8 Å². The van der Waals surface area contributed by atoms with Gasteiger partial charge < -0.3 is 15.2 Å². The third kappa shape index (κ3) is 4.24. The van der Waals surface area contributed by atoms with Gasteiger partial charge in [-0.25, -0.2) is 0 Å². The number of aliphatic hydroxyl groups excluding tert-OH is 1. The van der Waals surface area contributed by atoms with Crippen molar-refractivity contribution >= 4 is 17.5 Å². The number of benzene rings is 1. The van der Waals surface area contributed by atoms with Crippen LogP contribution in [0.1, 0.15) is 13.8 Å². The molecule has 0 aliphatic rings. The van der Waals surface area contributed by atoms with Crippen molar-refractivity contribution in [3.63, 3.8) is 0 Å². The molecule has 1 rings (SSSR count). The van der Waals surface area contributed by atoms with Crippen LogP contribution in [0.3, 0.4) is 0 Å². The van der Waals surface area contributed by atoms with Crippen molar-refractivity contribution in [3.05, 3.63) is 29.3 Å². The summed E-state index contributed by atoms with van der Waals surface area (Å²) in [6.45, 7) is 3.44. The number of hydrogen-bond donors (Lipinski definition) is 2. The summed E-state index contributed by atoms with van der Waals surface area (Å²) >= 11 is 5.75. The second kappa shape index (κ2) is 5.89. The molecular formula is C12H16ClNO3. The van der Waals surface area contributed by atoms with Crippen LogP contribution >= 0.6 is 11.6 Å². The lowest BCUT2D eigenvalue weighted by Gasteiger charge is -2.25. The molecule has 0 saturated heterocycles. The largest absolute Gasteiger partial charge is 0.478 e. The van der Waals surface area contributed by atoms with Crippen LogP contribution in [0, 0.1) is 0 Å². The summed E-state index contributed by atoms with van der Waals surface area (Å²) in [6.07, 6.45) is 0. The number of nitrogens with one attached hydrogen (secondary N) is 1. The Bertz CT molecular complexity index is 376. The van der Waals surface area contributed by atoms with Crippen molar-refractivity contribution < 1.29 is 14.6 Å². The molecule has 0 heterocycles. The van der Waals surface area contributed by atoms with E-state index >= 15 is 0 Å². The van der Waals surface area contributed by atoms with E-state index in [9.17, 15) is 4.79 Å². The number of amides is 1. The Morgan fingerprint density at radius 3 is 2.53 bits per heavy atom. The number of halogens is 1. The third-order valence-electron chi connectivity index (χ3n) is 2.13. The monoisotopic (exact) mass is 257 g/mol. The first kappa shape index (κ1) is 13.8. The van der Waals surface area contributed by atoms with E-state index in [-0.39, 0.29) is 19.1 Å². The Morgan fingerprint density at radius 1 is 1.41 bits per heavy atom. The maximum absolute atomic E-state index is 11.7. The fourth-order valence-electron chi connectivity index (χ4n) is 1.23. The van der Waals surface area contributed by atoms with Gasteiger partial charge in [0, 0.05) is 11.6 Å². The molecule has 1 aromatic rings. The molecule has 0 saturated carbocycles. The molecule has 0 aliphatic carbocycles. The molecule has 2 N–H and O–H groups in total. The van der Waals surface area contributed by atoms with Gasteiger partial charge in [-0.05, 0) is 38.1 Å². The van der Waals surface area contributed by atoms with Crippen LogP contribution in [0.4, 0.5) is 0 Å². The molecule has 0 aliphatic heterocycles. The third-order valence-corrected chi connectivity index (χ3v) is 2.38. The van der Waals surface area contributed by atoms with Gasteiger partial charge in [0.05, 0.1) is 6.61 Å². The van der Waals surface area contributed by atoms with Gasteiger partial charge in [-0.3, -0.25) is 4.79 Å². The van der Waals surface area contributed by atoms with Crippen molar-refractivity contribution in [2.75, 3.05) is 13.2 Å². The summed E-state index contributed by atoms with van der Waals surface area (Å²) in [5.74, 6) is 0.292. The minimum absolute atomic E-state index is 0.0945. The van der Waals surface area contributed by atoms with Gasteiger partial charge in [0.1, 0.15) is 5.75 Å². The SMILES string of the molecule is CC(C)(Oc1ccc(Cl)cc1)C(=O)NCCO. The molecule has 0 spiro atoms. The highest BCUT2D eigenvalue weighted by Crippen LogP contribution is 2.20. The highest BCUT2D eigenvalue weighted by molar-refractivity contribution is 6.30. The Morgan fingerprint density at radius 2 is 2.00 bits per heavy atom. The predicted octanol–water partition coefficient (Wildman–Crippen LogP) is 1.61. The first-order chi connectivity index (χ1) is 7.95. The second-order valence-electron chi connectivity index (χ2n) is 4.05. The average molecular weight is 258 g/mol. The minimum Gasteiger partial charge on any atom is -0.478 e. The summed E-state index contributed by atoms with van der Waals surface area (Å²) in [6, 6.07) is 6.78. The number of aliphatic hydroxyl groups is 1. The average Bonchev–Trinajstić information content (AvgIpc) is 2.28. The van der Waals surface area contributed by atoms with Gasteiger partial charge in [0.25, 0.3) is 5.91 Å². The summed E-state index contributed by atoms with van der Waals surface area (Å²) < 4.78 is 5.56. The van der Waals surface area contributed by atoms with E-state index in [1.807, 2.05) is 0 Å². The van der Waals surface area contributed by atoms with Crippen LogP contribution in [0.2, 0.25) is 5.02 Å². The molecule has 0 radical (unpaired) electrons. The Kier molecular flexibility index (Phi) is 4.78. The molecule has 94 valence electrons. The molecule has 0 aromatic heterocycles. The van der Waals surface area contributed by atoms with Crippen molar-refractivity contribution in [2.24, 2.45) is 0 Å². The van der Waals surface area contributed by atoms with Gasteiger partial charge in [-0.1, -0.05) is 11.6 Å². The molecule has 5 heteroatoms. The van der Waals surface area contributed by atoms with Gasteiger partial charge in [-0.2, -0.15) is 0 Å². The van der Waals surface area contributed by atoms with Crippen molar-refractivity contribution in [3.8, 4) is 5.75 Å². The lowest BCUT2D eigenvalue weighted by atomic mass is 10.1. The molecule has 0 unspecified atom stereocenters. The van der Waals surface area contributed by atoms with Gasteiger partial charge >= 0.3 is 0 Å². The predicted molar refractivity (Wildman–Crippen MR) is 66.3 cm³/mol. The van der Waals surface area contributed by atoms with Crippen LogP contribution in [0.15, 0.2) is 24.3 Å². The fourth-order valence-corrected chi connectivity index (χ4v) is 1.35. The quantitative estimate of drug-likeness (QED) is 0.843. The van der Waals surface area contributed by atoms with Gasteiger partial charge in [-0.15, -0.1) is 0 Å². The van der Waals surface area contributed by atoms with Gasteiger partial charge in [0.15, 0.2) is 5.60 Å². The maximum Gasteiger partial charge on any atom is 0.263 e. The molecule has 0 atom stereocenters. The Labute approximate surface area is 106 Å². The Balaban J connectivity index is 2.65. The standard InChI is InChI=1S/C12H16ClNO3/c1-12(2,11(16)14-7-8-15)17-10-5-3-9(13)4-6-10/h3-6,15H,7-8H2,1-2H3,(H,14,16). The van der Waals surface area contributed by atoms with Crippen LogP contribution in [-0.4, -0.2) is 29.8 Å². The molecule has 1 aromatic carbocycles. The van der Waals surface area contributed by atoms with E-state index in [4.69, 9.17) is 21.4 Å². The van der Waals surface area contributed by atoms with E-state index in [1.165, 1.54) is 0 Å². The topological polar surface area (TPSA) is 58.6 Å². The summed E-state index contributed by atoms with van der Waals surface area (Å²) in [5, 5.41) is 11.8. The highest BCUT2D eigenvalue weighted by atomic mass is 35.5. The molecule has 0 fully saturated rings. The van der Waals surface area contributed by atoms with Gasteiger partial charge in [0.2, 0.25) is 0 Å². The smallest absolute Gasteiger partial charge is 0.263 e. The molecule has 17 heavy (non-hydrogen) atoms. The zero-order valence-electron chi connectivity index (χ0n) is 9.87. The maximum atomic E-state index is 11.7. The zero-order chi connectivity index (χ0) is 12.9. The number of carbonyl (C=O) groups excluding carboxylic acids is 1. The lowest BCUT2D eigenvalue weighted by Crippen LogP contribution is -2.47. The number of rotatable bonds is 5. The highest BCUT2D eigenvalue weighted by Gasteiger charge is 2.29. The minimum atomic E-state index is -0.997. The molecule has 4 nitrogen and oxygen atoms in total. The summed E-state index contributed by atoms with van der Waals surface area (Å²) in [5.41, 5.74) is -0.997. The lowest BCUT2D eigenvalue weighted by molar-refractivity contribution is -0.134.